The van der Waals surface area contributed by atoms with Gasteiger partial charge in [0.2, 0.25) is 12.3 Å². The van der Waals surface area contributed by atoms with Gasteiger partial charge < -0.3 is 10.1 Å². The molecule has 1 aromatic heterocycles. The zero-order valence-electron chi connectivity index (χ0n) is 20.3. The van der Waals surface area contributed by atoms with Gasteiger partial charge in [0, 0.05) is 12.1 Å². The van der Waals surface area contributed by atoms with Gasteiger partial charge in [-0.25, -0.2) is 4.68 Å². The molecule has 0 bridgehead atoms. The Kier molecular flexibility index (Phi) is 13.1. The molecule has 0 fully saturated rings. The first-order valence-corrected chi connectivity index (χ1v) is 11.0. The maximum absolute atomic E-state index is 9.87. The van der Waals surface area contributed by atoms with E-state index in [2.05, 4.69) is 11.9 Å². The van der Waals surface area contributed by atoms with Crippen LogP contribution in [0.4, 0.5) is 0 Å². The number of benzene rings is 2. The SMILES string of the molecule is C=C/C=C\C=C(/C)c1nn(-c2ccccc2)c(OC)c1C.CC.O=CNCc1ccccc1. The lowest BCUT2D eigenvalue weighted by molar-refractivity contribution is -0.109. The molecule has 5 heteroatoms. The molecule has 5 nitrogen and oxygen atoms in total. The summed E-state index contributed by atoms with van der Waals surface area (Å²) in [6.07, 6.45) is 8.32. The Morgan fingerprint density at radius 1 is 1.06 bits per heavy atom. The molecular formula is C28H35N3O2. The zero-order chi connectivity index (χ0) is 24.5. The first kappa shape index (κ1) is 27.2. The monoisotopic (exact) mass is 445 g/mol. The number of amides is 1. The van der Waals surface area contributed by atoms with Crippen molar-refractivity contribution in [1.29, 1.82) is 0 Å². The van der Waals surface area contributed by atoms with E-state index >= 15 is 0 Å². The van der Waals surface area contributed by atoms with E-state index in [1.54, 1.807) is 13.2 Å². The van der Waals surface area contributed by atoms with Crippen LogP contribution in [-0.2, 0) is 11.3 Å². The van der Waals surface area contributed by atoms with E-state index in [-0.39, 0.29) is 0 Å². The third-order valence-electron chi connectivity index (χ3n) is 4.46. The number of rotatable bonds is 8. The zero-order valence-corrected chi connectivity index (χ0v) is 20.3. The summed E-state index contributed by atoms with van der Waals surface area (Å²) in [7, 11) is 1.67. The van der Waals surface area contributed by atoms with Crippen LogP contribution in [0, 0.1) is 6.92 Å². The van der Waals surface area contributed by atoms with Gasteiger partial charge in [0.1, 0.15) is 0 Å². The highest BCUT2D eigenvalue weighted by molar-refractivity contribution is 5.67. The quantitative estimate of drug-likeness (QED) is 0.327. The average molecular weight is 446 g/mol. The van der Waals surface area contributed by atoms with Crippen LogP contribution < -0.4 is 10.1 Å². The van der Waals surface area contributed by atoms with Crippen molar-refractivity contribution < 1.29 is 9.53 Å². The number of para-hydroxylation sites is 1. The molecule has 0 saturated heterocycles. The van der Waals surface area contributed by atoms with Crippen molar-refractivity contribution in [3.63, 3.8) is 0 Å². The minimum atomic E-state index is 0.615. The molecule has 0 aliphatic rings. The van der Waals surface area contributed by atoms with Crippen molar-refractivity contribution in [3.05, 3.63) is 108 Å². The Balaban J connectivity index is 0.000000380. The maximum atomic E-state index is 9.87. The van der Waals surface area contributed by atoms with Crippen molar-refractivity contribution in [3.8, 4) is 11.6 Å². The molecule has 0 unspecified atom stereocenters. The Bertz CT molecular complexity index is 1020. The Hall–Kier alpha value is -3.86. The van der Waals surface area contributed by atoms with E-state index in [1.807, 2.05) is 111 Å². The van der Waals surface area contributed by atoms with E-state index < -0.39 is 0 Å². The summed E-state index contributed by atoms with van der Waals surface area (Å²) in [5.41, 5.74) is 5.15. The van der Waals surface area contributed by atoms with E-state index in [4.69, 9.17) is 9.84 Å². The van der Waals surface area contributed by atoms with Gasteiger partial charge in [0.25, 0.3) is 0 Å². The van der Waals surface area contributed by atoms with Gasteiger partial charge >= 0.3 is 0 Å². The molecule has 0 radical (unpaired) electrons. The van der Waals surface area contributed by atoms with E-state index in [9.17, 15) is 4.79 Å². The van der Waals surface area contributed by atoms with E-state index in [1.165, 1.54) is 0 Å². The minimum absolute atomic E-state index is 0.615. The summed E-state index contributed by atoms with van der Waals surface area (Å²) >= 11 is 0. The summed E-state index contributed by atoms with van der Waals surface area (Å²) < 4.78 is 7.36. The van der Waals surface area contributed by atoms with Crippen LogP contribution >= 0.6 is 0 Å². The van der Waals surface area contributed by atoms with Crippen molar-refractivity contribution in [2.75, 3.05) is 7.11 Å². The van der Waals surface area contributed by atoms with Crippen molar-refractivity contribution in [2.24, 2.45) is 0 Å². The molecule has 3 aromatic rings. The largest absolute Gasteiger partial charge is 0.481 e. The molecule has 0 aliphatic carbocycles. The number of methoxy groups -OCH3 is 1. The van der Waals surface area contributed by atoms with Crippen LogP contribution in [0.3, 0.4) is 0 Å². The summed E-state index contributed by atoms with van der Waals surface area (Å²) in [6.45, 7) is 12.3. The molecule has 0 atom stereocenters. The normalized spacial score (nSPS) is 10.4. The van der Waals surface area contributed by atoms with Gasteiger partial charge in [-0.3, -0.25) is 4.79 Å². The molecule has 2 aromatic carbocycles. The second-order valence-electron chi connectivity index (χ2n) is 6.68. The van der Waals surface area contributed by atoms with E-state index in [0.717, 1.165) is 34.0 Å². The molecule has 0 saturated carbocycles. The van der Waals surface area contributed by atoms with Crippen LogP contribution in [0.25, 0.3) is 11.3 Å². The summed E-state index contributed by atoms with van der Waals surface area (Å²) in [4.78, 5) is 9.87. The molecule has 33 heavy (non-hydrogen) atoms. The smallest absolute Gasteiger partial charge is 0.219 e. The number of hydrogen-bond acceptors (Lipinski definition) is 3. The first-order chi connectivity index (χ1) is 16.1. The van der Waals surface area contributed by atoms with Gasteiger partial charge in [0.05, 0.1) is 18.5 Å². The topological polar surface area (TPSA) is 56.2 Å². The van der Waals surface area contributed by atoms with Gasteiger partial charge in [-0.2, -0.15) is 5.10 Å². The standard InChI is InChI=1S/C18H20N2O.C8H9NO.C2H6/c1-5-6-8-11-14(2)17-15(3)18(21-4)20(19-17)16-12-9-7-10-13-16;10-7-9-6-8-4-2-1-3-5-8;1-2/h5-13H,1H2,2-4H3;1-5,7H,6H2,(H,9,10);1-2H3/b8-6-,14-11+;;. The molecular weight excluding hydrogens is 410 g/mol. The number of nitrogens with zero attached hydrogens (tertiary/aromatic N) is 2. The highest BCUT2D eigenvalue weighted by Crippen LogP contribution is 2.29. The third kappa shape index (κ3) is 8.65. The van der Waals surface area contributed by atoms with Gasteiger partial charge in [-0.05, 0) is 37.1 Å². The predicted octanol–water partition coefficient (Wildman–Crippen LogP) is 6.29. The fourth-order valence-corrected chi connectivity index (χ4v) is 2.95. The minimum Gasteiger partial charge on any atom is -0.481 e. The number of carbonyl (C=O) groups is 1. The number of ether oxygens (including phenoxy) is 1. The molecule has 174 valence electrons. The van der Waals surface area contributed by atoms with Crippen molar-refractivity contribution >= 4 is 12.0 Å². The molecule has 0 spiro atoms. The molecule has 1 heterocycles. The second kappa shape index (κ2) is 15.9. The Morgan fingerprint density at radius 3 is 2.21 bits per heavy atom. The van der Waals surface area contributed by atoms with Crippen LogP contribution in [0.15, 0.2) is 91.5 Å². The average Bonchev–Trinajstić information content (AvgIpc) is 3.22. The highest BCUT2D eigenvalue weighted by Gasteiger charge is 2.16. The molecule has 1 amide bonds. The lowest BCUT2D eigenvalue weighted by Gasteiger charge is -2.05. The molecule has 0 aliphatic heterocycles. The molecule has 1 N–H and O–H groups in total. The second-order valence-corrected chi connectivity index (χ2v) is 6.68. The lowest BCUT2D eigenvalue weighted by Crippen LogP contribution is -2.09. The summed E-state index contributed by atoms with van der Waals surface area (Å²) in [5.74, 6) is 0.761. The van der Waals surface area contributed by atoms with Crippen LogP contribution in [0.5, 0.6) is 5.88 Å². The first-order valence-electron chi connectivity index (χ1n) is 11.0. The lowest BCUT2D eigenvalue weighted by atomic mass is 10.1. The number of nitrogens with one attached hydrogen (secondary N) is 1. The van der Waals surface area contributed by atoms with E-state index in [0.29, 0.717) is 13.0 Å². The van der Waals surface area contributed by atoms with Crippen LogP contribution in [0.2, 0.25) is 0 Å². The van der Waals surface area contributed by atoms with Crippen molar-refractivity contribution in [1.82, 2.24) is 15.1 Å². The number of aromatic nitrogens is 2. The number of allylic oxidation sites excluding steroid dienone is 5. The van der Waals surface area contributed by atoms with Crippen LogP contribution in [-0.4, -0.2) is 23.3 Å². The third-order valence-corrected chi connectivity index (χ3v) is 4.46. The maximum Gasteiger partial charge on any atom is 0.219 e. The Labute approximate surface area is 198 Å². The van der Waals surface area contributed by atoms with Crippen molar-refractivity contribution in [2.45, 2.75) is 34.2 Å². The molecule has 3 rings (SSSR count). The highest BCUT2D eigenvalue weighted by atomic mass is 16.5. The van der Waals surface area contributed by atoms with Gasteiger partial charge in [-0.15, -0.1) is 0 Å². The van der Waals surface area contributed by atoms with Crippen LogP contribution in [0.1, 0.15) is 37.6 Å². The predicted molar refractivity (Wildman–Crippen MR) is 139 cm³/mol. The fraction of sp³-hybridized carbons (Fsp3) is 0.214. The fourth-order valence-electron chi connectivity index (χ4n) is 2.95. The van der Waals surface area contributed by atoms with Gasteiger partial charge in [0.15, 0.2) is 0 Å². The van der Waals surface area contributed by atoms with Gasteiger partial charge in [-0.1, -0.05) is 93.3 Å². The Morgan fingerprint density at radius 2 is 1.67 bits per heavy atom. The summed E-state index contributed by atoms with van der Waals surface area (Å²) in [5, 5.41) is 7.28. The summed E-state index contributed by atoms with van der Waals surface area (Å²) in [6, 6.07) is 19.8. The number of hydrogen-bond donors (Lipinski definition) is 1. The number of carbonyl (C=O) groups excluding carboxylic acids is 1.